The highest BCUT2D eigenvalue weighted by Gasteiger charge is 2.19. The van der Waals surface area contributed by atoms with Gasteiger partial charge in [0, 0.05) is 12.1 Å². The summed E-state index contributed by atoms with van der Waals surface area (Å²) in [7, 11) is 0. The first-order chi connectivity index (χ1) is 9.04. The fraction of sp³-hybridized carbons (Fsp3) is 0.333. The average Bonchev–Trinajstić information content (AvgIpc) is 2.74. The van der Waals surface area contributed by atoms with E-state index in [0.717, 1.165) is 12.0 Å². The van der Waals surface area contributed by atoms with Gasteiger partial charge in [-0.2, -0.15) is 5.10 Å². The summed E-state index contributed by atoms with van der Waals surface area (Å²) in [5.41, 5.74) is 3.41. The molecule has 2 aromatic rings. The first-order valence-electron chi connectivity index (χ1n) is 6.37. The summed E-state index contributed by atoms with van der Waals surface area (Å²) in [5, 5.41) is 4.57. The smallest absolute Gasteiger partial charge is 0.212 e. The van der Waals surface area contributed by atoms with E-state index in [-0.39, 0.29) is 5.78 Å². The van der Waals surface area contributed by atoms with Crippen LogP contribution in [-0.2, 0) is 6.54 Å². The average molecular weight is 277 g/mol. The van der Waals surface area contributed by atoms with Gasteiger partial charge < -0.3 is 0 Å². The molecule has 4 heteroatoms. The molecule has 0 aliphatic rings. The van der Waals surface area contributed by atoms with Gasteiger partial charge in [0.1, 0.15) is 5.69 Å². The van der Waals surface area contributed by atoms with Gasteiger partial charge in [-0.15, -0.1) is 0 Å². The highest BCUT2D eigenvalue weighted by molar-refractivity contribution is 6.34. The van der Waals surface area contributed by atoms with Crippen molar-refractivity contribution in [3.8, 4) is 0 Å². The molecule has 1 aromatic carbocycles. The molecule has 19 heavy (non-hydrogen) atoms. The maximum absolute atomic E-state index is 12.5. The lowest BCUT2D eigenvalue weighted by molar-refractivity contribution is 0.102. The summed E-state index contributed by atoms with van der Waals surface area (Å²) in [4.78, 5) is 12.5. The molecule has 0 aliphatic carbocycles. The van der Waals surface area contributed by atoms with Gasteiger partial charge in [0.15, 0.2) is 0 Å². The Hall–Kier alpha value is -1.61. The Bertz CT molecular complexity index is 617. The molecule has 0 bridgehead atoms. The van der Waals surface area contributed by atoms with Crippen molar-refractivity contribution in [2.45, 2.75) is 33.7 Å². The quantitative estimate of drug-likeness (QED) is 0.796. The Balaban J connectivity index is 2.43. The number of hydrogen-bond acceptors (Lipinski definition) is 2. The number of carbonyl (C=O) groups is 1. The first-order valence-corrected chi connectivity index (χ1v) is 6.75. The fourth-order valence-electron chi connectivity index (χ4n) is 1.99. The van der Waals surface area contributed by atoms with Crippen LogP contribution in [0.3, 0.4) is 0 Å². The normalized spacial score (nSPS) is 10.7. The van der Waals surface area contributed by atoms with Crippen LogP contribution in [-0.4, -0.2) is 15.6 Å². The number of ketones is 1. The zero-order chi connectivity index (χ0) is 14.0. The molecule has 0 unspecified atom stereocenters. The summed E-state index contributed by atoms with van der Waals surface area (Å²) in [6.45, 7) is 6.76. The molecule has 0 saturated heterocycles. The molecule has 1 aromatic heterocycles. The molecule has 0 fully saturated rings. The second-order valence-electron chi connectivity index (χ2n) is 4.69. The van der Waals surface area contributed by atoms with Gasteiger partial charge in [0.2, 0.25) is 5.78 Å². The molecule has 0 atom stereocenters. The van der Waals surface area contributed by atoms with E-state index < -0.39 is 0 Å². The molecule has 1 heterocycles. The lowest BCUT2D eigenvalue weighted by Gasteiger charge is -2.07. The maximum Gasteiger partial charge on any atom is 0.212 e. The second-order valence-corrected chi connectivity index (χ2v) is 5.10. The highest BCUT2D eigenvalue weighted by atomic mass is 35.5. The van der Waals surface area contributed by atoms with Crippen LogP contribution in [0.1, 0.15) is 40.5 Å². The molecule has 3 nitrogen and oxygen atoms in total. The van der Waals surface area contributed by atoms with Crippen LogP contribution in [0.25, 0.3) is 0 Å². The minimum atomic E-state index is -0.0703. The van der Waals surface area contributed by atoms with Gasteiger partial charge in [-0.25, -0.2) is 0 Å². The number of carbonyl (C=O) groups excluding carboxylic acids is 1. The van der Waals surface area contributed by atoms with E-state index in [1.54, 1.807) is 4.68 Å². The Morgan fingerprint density at radius 3 is 2.68 bits per heavy atom. The third kappa shape index (κ3) is 2.71. The Morgan fingerprint density at radius 2 is 2.05 bits per heavy atom. The molecule has 0 N–H and O–H groups in total. The summed E-state index contributed by atoms with van der Waals surface area (Å²) >= 11 is 6.09. The van der Waals surface area contributed by atoms with Crippen LogP contribution < -0.4 is 0 Å². The summed E-state index contributed by atoms with van der Waals surface area (Å²) in [5.74, 6) is -0.0703. The SMILES string of the molecule is CCCn1ncc(Cl)c1C(=O)c1ccc(C)c(C)c1. The van der Waals surface area contributed by atoms with Crippen molar-refractivity contribution in [1.82, 2.24) is 9.78 Å². The minimum Gasteiger partial charge on any atom is -0.287 e. The highest BCUT2D eigenvalue weighted by Crippen LogP contribution is 2.21. The number of nitrogens with zero attached hydrogens (tertiary/aromatic N) is 2. The topological polar surface area (TPSA) is 34.9 Å². The van der Waals surface area contributed by atoms with Crippen molar-refractivity contribution in [3.63, 3.8) is 0 Å². The number of rotatable bonds is 4. The largest absolute Gasteiger partial charge is 0.287 e. The van der Waals surface area contributed by atoms with Gasteiger partial charge in [-0.05, 0) is 37.5 Å². The van der Waals surface area contributed by atoms with Crippen molar-refractivity contribution in [3.05, 3.63) is 51.8 Å². The number of benzene rings is 1. The second kappa shape index (κ2) is 5.57. The zero-order valence-electron chi connectivity index (χ0n) is 11.4. The number of aryl methyl sites for hydroxylation is 3. The van der Waals surface area contributed by atoms with E-state index in [4.69, 9.17) is 11.6 Å². The fourth-order valence-corrected chi connectivity index (χ4v) is 2.22. The molecule has 0 spiro atoms. The van der Waals surface area contributed by atoms with Crippen molar-refractivity contribution < 1.29 is 4.79 Å². The Kier molecular flexibility index (Phi) is 4.05. The van der Waals surface area contributed by atoms with Crippen molar-refractivity contribution in [2.75, 3.05) is 0 Å². The van der Waals surface area contributed by atoms with Gasteiger partial charge in [0.05, 0.1) is 11.2 Å². The van der Waals surface area contributed by atoms with Crippen molar-refractivity contribution >= 4 is 17.4 Å². The van der Waals surface area contributed by atoms with Crippen LogP contribution in [0.2, 0.25) is 5.02 Å². The molecule has 0 saturated carbocycles. The van der Waals surface area contributed by atoms with Crippen LogP contribution in [0.4, 0.5) is 0 Å². The van der Waals surface area contributed by atoms with Gasteiger partial charge in [0.25, 0.3) is 0 Å². The number of halogens is 1. The maximum atomic E-state index is 12.5. The van der Waals surface area contributed by atoms with E-state index in [0.29, 0.717) is 22.8 Å². The predicted octanol–water partition coefficient (Wildman–Crippen LogP) is 3.79. The van der Waals surface area contributed by atoms with Crippen LogP contribution >= 0.6 is 11.6 Å². The van der Waals surface area contributed by atoms with Crippen molar-refractivity contribution in [2.24, 2.45) is 0 Å². The standard InChI is InChI=1S/C15H17ClN2O/c1-4-7-18-14(13(16)9-17-18)15(19)12-6-5-10(2)11(3)8-12/h5-6,8-9H,4,7H2,1-3H3. The van der Waals surface area contributed by atoms with Gasteiger partial charge in [-0.1, -0.05) is 30.7 Å². The summed E-state index contributed by atoms with van der Waals surface area (Å²) in [6.07, 6.45) is 2.44. The van der Waals surface area contributed by atoms with E-state index in [1.165, 1.54) is 11.8 Å². The van der Waals surface area contributed by atoms with Crippen molar-refractivity contribution in [1.29, 1.82) is 0 Å². The first kappa shape index (κ1) is 13.8. The monoisotopic (exact) mass is 276 g/mol. The third-order valence-electron chi connectivity index (χ3n) is 3.21. The van der Waals surface area contributed by atoms with Crippen LogP contribution in [0, 0.1) is 13.8 Å². The van der Waals surface area contributed by atoms with Gasteiger partial charge in [-0.3, -0.25) is 9.48 Å². The Labute approximate surface area is 118 Å². The minimum absolute atomic E-state index is 0.0703. The molecular formula is C15H17ClN2O. The summed E-state index contributed by atoms with van der Waals surface area (Å²) in [6, 6.07) is 5.69. The van der Waals surface area contributed by atoms with Crippen LogP contribution in [0.15, 0.2) is 24.4 Å². The van der Waals surface area contributed by atoms with Gasteiger partial charge >= 0.3 is 0 Å². The Morgan fingerprint density at radius 1 is 1.32 bits per heavy atom. The van der Waals surface area contributed by atoms with E-state index in [9.17, 15) is 4.79 Å². The lowest BCUT2D eigenvalue weighted by atomic mass is 10.0. The number of hydrogen-bond donors (Lipinski definition) is 0. The van der Waals surface area contributed by atoms with E-state index >= 15 is 0 Å². The molecule has 0 radical (unpaired) electrons. The molecular weight excluding hydrogens is 260 g/mol. The molecule has 0 aliphatic heterocycles. The third-order valence-corrected chi connectivity index (χ3v) is 3.49. The lowest BCUT2D eigenvalue weighted by Crippen LogP contribution is -2.12. The van der Waals surface area contributed by atoms with E-state index in [2.05, 4.69) is 5.10 Å². The molecule has 100 valence electrons. The number of aromatic nitrogens is 2. The van der Waals surface area contributed by atoms with E-state index in [1.807, 2.05) is 39.0 Å². The summed E-state index contributed by atoms with van der Waals surface area (Å²) < 4.78 is 1.68. The molecule has 2 rings (SSSR count). The van der Waals surface area contributed by atoms with Crippen LogP contribution in [0.5, 0.6) is 0 Å². The predicted molar refractivity (Wildman–Crippen MR) is 76.9 cm³/mol. The molecule has 0 amide bonds. The zero-order valence-corrected chi connectivity index (χ0v) is 12.2.